The van der Waals surface area contributed by atoms with Crippen molar-refractivity contribution in [1.29, 1.82) is 5.26 Å². The molecule has 0 amide bonds. The van der Waals surface area contributed by atoms with Crippen LogP contribution in [0.15, 0.2) is 53.6 Å². The lowest BCUT2D eigenvalue weighted by molar-refractivity contribution is 0.601. The summed E-state index contributed by atoms with van der Waals surface area (Å²) in [4.78, 5) is 3.16. The highest BCUT2D eigenvalue weighted by atomic mass is 35.5. The predicted molar refractivity (Wildman–Crippen MR) is 92.2 cm³/mol. The lowest BCUT2D eigenvalue weighted by atomic mass is 10.1. The topological polar surface area (TPSA) is 85.8 Å². The van der Waals surface area contributed by atoms with Gasteiger partial charge in [0.1, 0.15) is 6.07 Å². The number of nitriles is 1. The largest absolute Gasteiger partial charge is 0.358 e. The SMILES string of the molecule is Cc1ccc(NS(=O)(=O)c2ccccc2)c2[nH]cc(C#N)c12.Cl. The van der Waals surface area contributed by atoms with Crippen molar-refractivity contribution in [3.8, 4) is 6.07 Å². The molecule has 3 rings (SSSR count). The zero-order valence-corrected chi connectivity index (χ0v) is 13.8. The highest BCUT2D eigenvalue weighted by Crippen LogP contribution is 2.29. The number of fused-ring (bicyclic) bond motifs is 1. The first-order valence-corrected chi connectivity index (χ1v) is 8.10. The normalized spacial score (nSPS) is 10.8. The summed E-state index contributed by atoms with van der Waals surface area (Å²) in [5.41, 5.74) is 2.44. The number of benzene rings is 2. The molecule has 0 aliphatic rings. The standard InChI is InChI=1S/C16H13N3O2S.ClH/c1-11-7-8-14(16-15(11)12(9-17)10-18-16)19-22(20,21)13-5-3-2-4-6-13;/h2-8,10,18-19H,1H3;1H. The number of H-pyrrole nitrogens is 1. The van der Waals surface area contributed by atoms with E-state index in [0.717, 1.165) is 10.9 Å². The smallest absolute Gasteiger partial charge is 0.261 e. The van der Waals surface area contributed by atoms with Crippen molar-refractivity contribution in [2.75, 3.05) is 4.72 Å². The van der Waals surface area contributed by atoms with E-state index >= 15 is 0 Å². The number of hydrogen-bond donors (Lipinski definition) is 2. The van der Waals surface area contributed by atoms with E-state index in [1.807, 2.05) is 6.92 Å². The van der Waals surface area contributed by atoms with Gasteiger partial charge in [0.05, 0.1) is 21.7 Å². The van der Waals surface area contributed by atoms with Gasteiger partial charge in [0.15, 0.2) is 0 Å². The molecule has 0 bridgehead atoms. The van der Waals surface area contributed by atoms with Crippen molar-refractivity contribution in [1.82, 2.24) is 4.98 Å². The van der Waals surface area contributed by atoms with Crippen LogP contribution in [0.5, 0.6) is 0 Å². The summed E-state index contributed by atoms with van der Waals surface area (Å²) in [6.07, 6.45) is 1.58. The number of nitrogens with zero attached hydrogens (tertiary/aromatic N) is 1. The summed E-state index contributed by atoms with van der Waals surface area (Å²) in [5.74, 6) is 0. The summed E-state index contributed by atoms with van der Waals surface area (Å²) < 4.78 is 27.4. The molecule has 118 valence electrons. The first-order chi connectivity index (χ1) is 10.5. The van der Waals surface area contributed by atoms with Gasteiger partial charge < -0.3 is 4.98 Å². The highest BCUT2D eigenvalue weighted by molar-refractivity contribution is 7.92. The quantitative estimate of drug-likeness (QED) is 0.759. The van der Waals surface area contributed by atoms with Gasteiger partial charge in [-0.3, -0.25) is 4.72 Å². The van der Waals surface area contributed by atoms with Crippen LogP contribution in [0.2, 0.25) is 0 Å². The molecule has 2 aromatic carbocycles. The van der Waals surface area contributed by atoms with Crippen molar-refractivity contribution >= 4 is 39.0 Å². The van der Waals surface area contributed by atoms with Crippen LogP contribution in [0.1, 0.15) is 11.1 Å². The van der Waals surface area contributed by atoms with Gasteiger partial charge in [-0.1, -0.05) is 24.3 Å². The Balaban J connectivity index is 0.00000192. The molecule has 1 aromatic heterocycles. The Kier molecular flexibility index (Phi) is 4.64. The van der Waals surface area contributed by atoms with E-state index in [4.69, 9.17) is 5.26 Å². The van der Waals surface area contributed by atoms with Gasteiger partial charge in [-0.2, -0.15) is 5.26 Å². The van der Waals surface area contributed by atoms with Gasteiger partial charge in [0.25, 0.3) is 10.0 Å². The Bertz CT molecular complexity index is 989. The van der Waals surface area contributed by atoms with Crippen molar-refractivity contribution in [2.45, 2.75) is 11.8 Å². The molecule has 3 aromatic rings. The number of anilines is 1. The fourth-order valence-corrected chi connectivity index (χ4v) is 3.49. The number of aryl methyl sites for hydroxylation is 1. The maximum atomic E-state index is 12.4. The van der Waals surface area contributed by atoms with Gasteiger partial charge in [-0.25, -0.2) is 8.42 Å². The Morgan fingerprint density at radius 3 is 2.48 bits per heavy atom. The number of aromatic amines is 1. The molecule has 0 atom stereocenters. The molecule has 0 radical (unpaired) electrons. The molecule has 5 nitrogen and oxygen atoms in total. The highest BCUT2D eigenvalue weighted by Gasteiger charge is 2.17. The maximum Gasteiger partial charge on any atom is 0.261 e. The summed E-state index contributed by atoms with van der Waals surface area (Å²) in [6, 6.07) is 13.7. The summed E-state index contributed by atoms with van der Waals surface area (Å²) in [6.45, 7) is 1.88. The third-order valence-electron chi connectivity index (χ3n) is 3.46. The fraction of sp³-hybridized carbons (Fsp3) is 0.0625. The molecule has 1 heterocycles. The van der Waals surface area contributed by atoms with E-state index in [0.29, 0.717) is 16.8 Å². The van der Waals surface area contributed by atoms with Crippen LogP contribution < -0.4 is 4.72 Å². The molecular formula is C16H14ClN3O2S. The third kappa shape index (κ3) is 3.02. The molecule has 23 heavy (non-hydrogen) atoms. The molecule has 0 aliphatic heterocycles. The van der Waals surface area contributed by atoms with Crippen molar-refractivity contribution in [3.63, 3.8) is 0 Å². The maximum absolute atomic E-state index is 12.4. The molecule has 0 fully saturated rings. The predicted octanol–water partition coefficient (Wildman–Crippen LogP) is 3.57. The van der Waals surface area contributed by atoms with E-state index in [1.165, 1.54) is 12.1 Å². The van der Waals surface area contributed by atoms with Gasteiger partial charge >= 0.3 is 0 Å². The zero-order chi connectivity index (χ0) is 15.7. The average molecular weight is 348 g/mol. The van der Waals surface area contributed by atoms with E-state index < -0.39 is 10.0 Å². The summed E-state index contributed by atoms with van der Waals surface area (Å²) in [5, 5.41) is 9.87. The number of hydrogen-bond acceptors (Lipinski definition) is 3. The van der Waals surface area contributed by atoms with Crippen LogP contribution in [0.3, 0.4) is 0 Å². The van der Waals surface area contributed by atoms with Gasteiger partial charge in [0, 0.05) is 11.6 Å². The number of halogens is 1. The molecule has 0 aliphatic carbocycles. The number of nitrogens with one attached hydrogen (secondary N) is 2. The Hall–Kier alpha value is -2.49. The van der Waals surface area contributed by atoms with Crippen LogP contribution in [-0.2, 0) is 10.0 Å². The van der Waals surface area contributed by atoms with Gasteiger partial charge in [-0.05, 0) is 30.7 Å². The number of sulfonamides is 1. The molecule has 7 heteroatoms. The summed E-state index contributed by atoms with van der Waals surface area (Å²) >= 11 is 0. The molecule has 0 spiro atoms. The minimum absolute atomic E-state index is 0. The fourth-order valence-electron chi connectivity index (χ4n) is 2.40. The minimum Gasteiger partial charge on any atom is -0.358 e. The Morgan fingerprint density at radius 2 is 1.83 bits per heavy atom. The number of rotatable bonds is 3. The van der Waals surface area contributed by atoms with Crippen LogP contribution in [0.4, 0.5) is 5.69 Å². The second kappa shape index (κ2) is 6.32. The third-order valence-corrected chi connectivity index (χ3v) is 4.84. The average Bonchev–Trinajstić information content (AvgIpc) is 2.96. The molecule has 0 unspecified atom stereocenters. The van der Waals surface area contributed by atoms with Gasteiger partial charge in [0.2, 0.25) is 0 Å². The minimum atomic E-state index is -3.67. The summed E-state index contributed by atoms with van der Waals surface area (Å²) in [7, 11) is -3.67. The lowest BCUT2D eigenvalue weighted by Gasteiger charge is -2.10. The Labute approximate surface area is 140 Å². The van der Waals surface area contributed by atoms with Crippen LogP contribution in [-0.4, -0.2) is 13.4 Å². The van der Waals surface area contributed by atoms with E-state index in [-0.39, 0.29) is 17.3 Å². The van der Waals surface area contributed by atoms with Crippen LogP contribution in [0, 0.1) is 18.3 Å². The van der Waals surface area contributed by atoms with Gasteiger partial charge in [-0.15, -0.1) is 12.4 Å². The lowest BCUT2D eigenvalue weighted by Crippen LogP contribution is -2.13. The number of aromatic nitrogens is 1. The van der Waals surface area contributed by atoms with Crippen LogP contribution >= 0.6 is 12.4 Å². The molecular weight excluding hydrogens is 334 g/mol. The molecule has 0 saturated heterocycles. The first kappa shape index (κ1) is 16.9. The monoisotopic (exact) mass is 347 g/mol. The van der Waals surface area contributed by atoms with Crippen molar-refractivity contribution in [3.05, 3.63) is 59.8 Å². The van der Waals surface area contributed by atoms with E-state index in [9.17, 15) is 8.42 Å². The molecule has 2 N–H and O–H groups in total. The zero-order valence-electron chi connectivity index (χ0n) is 12.2. The van der Waals surface area contributed by atoms with Crippen molar-refractivity contribution in [2.24, 2.45) is 0 Å². The van der Waals surface area contributed by atoms with Crippen LogP contribution in [0.25, 0.3) is 10.9 Å². The second-order valence-corrected chi connectivity index (χ2v) is 6.60. The van der Waals surface area contributed by atoms with Crippen molar-refractivity contribution < 1.29 is 8.42 Å². The second-order valence-electron chi connectivity index (χ2n) is 4.91. The Morgan fingerprint density at radius 1 is 1.13 bits per heavy atom. The van der Waals surface area contributed by atoms with E-state index in [1.54, 1.807) is 36.5 Å². The van der Waals surface area contributed by atoms with E-state index in [2.05, 4.69) is 15.8 Å². The first-order valence-electron chi connectivity index (χ1n) is 6.61. The molecule has 0 saturated carbocycles.